The molecule has 0 aliphatic heterocycles. The molecule has 0 saturated heterocycles. The Morgan fingerprint density at radius 2 is 1.84 bits per heavy atom. The van der Waals surface area contributed by atoms with Gasteiger partial charge < -0.3 is 19.9 Å². The van der Waals surface area contributed by atoms with E-state index in [0.717, 1.165) is 6.20 Å². The number of allylic oxidation sites excluding steroid dienone is 1. The van der Waals surface area contributed by atoms with Crippen LogP contribution in [0.2, 0.25) is 0 Å². The van der Waals surface area contributed by atoms with Gasteiger partial charge in [-0.05, 0) is 29.8 Å². The fourth-order valence-electron chi connectivity index (χ4n) is 2.60. The van der Waals surface area contributed by atoms with E-state index in [1.807, 2.05) is 0 Å². The fourth-order valence-corrected chi connectivity index (χ4v) is 2.60. The van der Waals surface area contributed by atoms with E-state index in [9.17, 15) is 23.4 Å². The topological polar surface area (TPSA) is 91.3 Å². The third-order valence-electron chi connectivity index (χ3n) is 4.78. The molecule has 3 rings (SSSR count). The summed E-state index contributed by atoms with van der Waals surface area (Å²) in [7, 11) is 0. The molecule has 0 saturated carbocycles. The van der Waals surface area contributed by atoms with Crippen molar-refractivity contribution >= 4 is 0 Å². The minimum atomic E-state index is -3.29. The third kappa shape index (κ3) is 4.95. The van der Waals surface area contributed by atoms with Crippen LogP contribution in [-0.2, 0) is 5.92 Å². The summed E-state index contributed by atoms with van der Waals surface area (Å²) in [5.74, 6) is -3.67. The molecule has 1 aromatic carbocycles. The Labute approximate surface area is 177 Å². The highest BCUT2D eigenvalue weighted by Crippen LogP contribution is 2.31. The highest BCUT2D eigenvalue weighted by atomic mass is 19.3. The average molecular weight is 433 g/mol. The van der Waals surface area contributed by atoms with Crippen LogP contribution in [0.5, 0.6) is 5.88 Å². The lowest BCUT2D eigenvalue weighted by atomic mass is 9.94. The number of hydrogen-bond donors (Lipinski definition) is 3. The number of pyridine rings is 1. The van der Waals surface area contributed by atoms with Gasteiger partial charge in [-0.15, -0.1) is 0 Å². The van der Waals surface area contributed by atoms with Crippen molar-refractivity contribution < 1.29 is 28.1 Å². The van der Waals surface area contributed by atoms with Gasteiger partial charge >= 0.3 is 5.92 Å². The number of nitrogens with zero attached hydrogens (tertiary/aromatic N) is 2. The summed E-state index contributed by atoms with van der Waals surface area (Å²) in [5, 5.41) is 18.6. The van der Waals surface area contributed by atoms with E-state index in [1.165, 1.54) is 18.3 Å². The number of hydrogen-bond acceptors (Lipinski definition) is 5. The molecule has 0 fully saturated rings. The van der Waals surface area contributed by atoms with Gasteiger partial charge in [0.15, 0.2) is 6.29 Å². The molecule has 3 aromatic rings. The van der Waals surface area contributed by atoms with Crippen molar-refractivity contribution in [3.8, 4) is 28.4 Å². The maximum Gasteiger partial charge on any atom is 0.307 e. The normalized spacial score (nSPS) is 12.3. The quantitative estimate of drug-likeness (QED) is 0.365. The van der Waals surface area contributed by atoms with Crippen LogP contribution in [0.3, 0.4) is 0 Å². The van der Waals surface area contributed by atoms with Crippen molar-refractivity contribution in [2.45, 2.75) is 26.1 Å². The van der Waals surface area contributed by atoms with E-state index >= 15 is 0 Å². The number of aromatic amines is 1. The highest BCUT2D eigenvalue weighted by Gasteiger charge is 2.30. The smallest absolute Gasteiger partial charge is 0.307 e. The predicted octanol–water partition coefficient (Wildman–Crippen LogP) is 4.27. The van der Waals surface area contributed by atoms with Gasteiger partial charge in [-0.25, -0.2) is 14.4 Å². The molecular formula is C22H22F3N3O3. The molecule has 0 bridgehead atoms. The molecule has 0 radical (unpaired) electrons. The fraction of sp³-hybridized carbons (Fsp3) is 0.273. The van der Waals surface area contributed by atoms with Crippen LogP contribution in [0.4, 0.5) is 13.2 Å². The Bertz CT molecular complexity index is 1060. The van der Waals surface area contributed by atoms with Crippen molar-refractivity contribution in [2.24, 2.45) is 5.41 Å². The first kappa shape index (κ1) is 22.5. The van der Waals surface area contributed by atoms with Crippen LogP contribution in [-0.4, -0.2) is 38.1 Å². The van der Waals surface area contributed by atoms with Crippen molar-refractivity contribution in [2.75, 3.05) is 6.61 Å². The largest absolute Gasteiger partial charge is 0.477 e. The van der Waals surface area contributed by atoms with Gasteiger partial charge in [-0.1, -0.05) is 26.5 Å². The molecule has 164 valence electrons. The number of imidazole rings is 1. The van der Waals surface area contributed by atoms with Crippen molar-refractivity contribution in [3.05, 3.63) is 66.9 Å². The second-order valence-electron chi connectivity index (χ2n) is 7.70. The van der Waals surface area contributed by atoms with Crippen LogP contribution in [0.15, 0.2) is 55.4 Å². The number of benzene rings is 1. The summed E-state index contributed by atoms with van der Waals surface area (Å²) < 4.78 is 47.5. The Hall–Kier alpha value is -3.17. The average Bonchev–Trinajstić information content (AvgIpc) is 3.23. The standard InChI is InChI=1S/C22H22F3N3O3/c1-4-22(24,25)17-11-27-19(28-17)15-7-5-13(9-16(15)23)14-6-8-18(26-10-14)31-12-21(2,3)20(29)30/h4-11,20,29-30H,1,12H2,2-3H3,(H,27,28). The van der Waals surface area contributed by atoms with Gasteiger partial charge in [-0.3, -0.25) is 0 Å². The molecule has 3 N–H and O–H groups in total. The van der Waals surface area contributed by atoms with Gasteiger partial charge in [0.2, 0.25) is 5.88 Å². The van der Waals surface area contributed by atoms with Crippen molar-refractivity contribution in [1.29, 1.82) is 0 Å². The first-order valence-corrected chi connectivity index (χ1v) is 9.35. The Morgan fingerprint density at radius 1 is 1.13 bits per heavy atom. The Kier molecular flexibility index (Phi) is 6.19. The minimum Gasteiger partial charge on any atom is -0.477 e. The van der Waals surface area contributed by atoms with E-state index < -0.39 is 29.1 Å². The summed E-state index contributed by atoms with van der Waals surface area (Å²) in [4.78, 5) is 10.4. The van der Waals surface area contributed by atoms with E-state index in [1.54, 1.807) is 32.0 Å². The maximum absolute atomic E-state index is 14.7. The molecule has 6 nitrogen and oxygen atoms in total. The molecule has 0 aliphatic carbocycles. The zero-order chi connectivity index (χ0) is 22.8. The summed E-state index contributed by atoms with van der Waals surface area (Å²) in [6.07, 6.45) is 1.38. The maximum atomic E-state index is 14.7. The summed E-state index contributed by atoms with van der Waals surface area (Å²) >= 11 is 0. The third-order valence-corrected chi connectivity index (χ3v) is 4.78. The number of nitrogens with one attached hydrogen (secondary N) is 1. The van der Waals surface area contributed by atoms with Gasteiger partial charge in [0.1, 0.15) is 17.3 Å². The lowest BCUT2D eigenvalue weighted by Gasteiger charge is -2.26. The molecule has 2 heterocycles. The van der Waals surface area contributed by atoms with Crippen molar-refractivity contribution in [1.82, 2.24) is 15.0 Å². The number of ether oxygens (including phenoxy) is 1. The Balaban J connectivity index is 1.76. The van der Waals surface area contributed by atoms with Gasteiger partial charge in [0, 0.05) is 23.2 Å². The summed E-state index contributed by atoms with van der Waals surface area (Å²) in [5.41, 5.74) is -0.168. The first-order chi connectivity index (χ1) is 14.5. The lowest BCUT2D eigenvalue weighted by molar-refractivity contribution is -0.133. The second-order valence-corrected chi connectivity index (χ2v) is 7.70. The monoisotopic (exact) mass is 433 g/mol. The lowest BCUT2D eigenvalue weighted by Crippen LogP contribution is -2.34. The molecule has 2 aromatic heterocycles. The zero-order valence-corrected chi connectivity index (χ0v) is 16.9. The van der Waals surface area contributed by atoms with Gasteiger partial charge in [0.05, 0.1) is 18.4 Å². The SMILES string of the molecule is C=CC(F)(F)c1cnc(-c2ccc(-c3ccc(OCC(C)(C)C(O)O)nc3)cc2F)[nH]1. The Morgan fingerprint density at radius 3 is 2.42 bits per heavy atom. The van der Waals surface area contributed by atoms with Crippen LogP contribution >= 0.6 is 0 Å². The van der Waals surface area contributed by atoms with Gasteiger partial charge in [0.25, 0.3) is 0 Å². The van der Waals surface area contributed by atoms with Crippen LogP contribution < -0.4 is 4.74 Å². The zero-order valence-electron chi connectivity index (χ0n) is 16.9. The van der Waals surface area contributed by atoms with E-state index in [-0.39, 0.29) is 23.9 Å². The summed E-state index contributed by atoms with van der Waals surface area (Å²) in [6.45, 7) is 6.39. The number of aromatic nitrogens is 3. The molecule has 0 unspecified atom stereocenters. The number of aliphatic hydroxyl groups excluding tert-OH is 1. The number of aliphatic hydroxyl groups is 2. The number of rotatable bonds is 8. The number of alkyl halides is 2. The summed E-state index contributed by atoms with van der Waals surface area (Å²) in [6, 6.07) is 7.57. The molecule has 0 aliphatic rings. The van der Waals surface area contributed by atoms with E-state index in [0.29, 0.717) is 17.2 Å². The molecule has 0 amide bonds. The van der Waals surface area contributed by atoms with E-state index in [2.05, 4.69) is 21.5 Å². The van der Waals surface area contributed by atoms with E-state index in [4.69, 9.17) is 4.74 Å². The number of halogens is 3. The van der Waals surface area contributed by atoms with Crippen LogP contribution in [0.1, 0.15) is 19.5 Å². The molecule has 0 atom stereocenters. The van der Waals surface area contributed by atoms with Crippen LogP contribution in [0, 0.1) is 11.2 Å². The second kappa shape index (κ2) is 8.52. The highest BCUT2D eigenvalue weighted by molar-refractivity contribution is 5.68. The predicted molar refractivity (Wildman–Crippen MR) is 109 cm³/mol. The van der Waals surface area contributed by atoms with Crippen molar-refractivity contribution in [3.63, 3.8) is 0 Å². The van der Waals surface area contributed by atoms with Crippen LogP contribution in [0.25, 0.3) is 22.5 Å². The molecular weight excluding hydrogens is 411 g/mol. The molecule has 9 heteroatoms. The first-order valence-electron chi connectivity index (χ1n) is 9.35. The molecule has 31 heavy (non-hydrogen) atoms. The van der Waals surface area contributed by atoms with Gasteiger partial charge in [-0.2, -0.15) is 8.78 Å². The number of H-pyrrole nitrogens is 1. The molecule has 0 spiro atoms. The minimum absolute atomic E-state index is 0.0175.